The van der Waals surface area contributed by atoms with Crippen LogP contribution in [0.3, 0.4) is 0 Å². The molecule has 0 aromatic heterocycles. The standard InChI is InChI=1S/C44H71N3O12/c1-7-9-11-39(50)20-24-56-26-28-58-30-29-57-27-25-55-23-10-12-38(49)17-18-42(53)47(21-8-2)22-19-41(52)46-43(33(3)4)40(51)31-34(5)44(54)45-37-15-13-36(14-16-37)32-59-35(6)48/h13-16,33-34,43H,7-12,17-32H2,1-6H3,(H,45,54)(H,46,52)/t34-,43+/m1/s1. The summed E-state index contributed by atoms with van der Waals surface area (Å²) >= 11 is 0. The minimum Gasteiger partial charge on any atom is -0.461 e. The zero-order valence-corrected chi connectivity index (χ0v) is 36.4. The van der Waals surface area contributed by atoms with Gasteiger partial charge in [0, 0.05) is 83.2 Å². The number of amides is 3. The second-order valence-corrected chi connectivity index (χ2v) is 14.9. The normalized spacial score (nSPS) is 12.1. The van der Waals surface area contributed by atoms with Crippen molar-refractivity contribution in [3.05, 3.63) is 29.8 Å². The molecule has 2 N–H and O–H groups in total. The molecular formula is C44H71N3O12. The number of carbonyl (C=O) groups is 7. The molecule has 15 heteroatoms. The van der Waals surface area contributed by atoms with E-state index in [2.05, 4.69) is 17.6 Å². The number of benzene rings is 1. The lowest BCUT2D eigenvalue weighted by Gasteiger charge is -2.25. The fraction of sp³-hybridized carbons (Fsp3) is 0.705. The van der Waals surface area contributed by atoms with E-state index in [-0.39, 0.29) is 85.8 Å². The number of nitrogens with one attached hydrogen (secondary N) is 2. The molecule has 0 aliphatic rings. The Balaban J connectivity index is 2.28. The van der Waals surface area contributed by atoms with Crippen LogP contribution in [0.2, 0.25) is 0 Å². The molecule has 2 atom stereocenters. The van der Waals surface area contributed by atoms with Gasteiger partial charge in [0.2, 0.25) is 17.7 Å². The van der Waals surface area contributed by atoms with Gasteiger partial charge < -0.3 is 39.2 Å². The van der Waals surface area contributed by atoms with Crippen molar-refractivity contribution in [3.63, 3.8) is 0 Å². The third-order valence-corrected chi connectivity index (χ3v) is 9.22. The van der Waals surface area contributed by atoms with Crippen molar-refractivity contribution < 1.29 is 57.2 Å². The second-order valence-electron chi connectivity index (χ2n) is 14.9. The van der Waals surface area contributed by atoms with E-state index in [9.17, 15) is 33.6 Å². The van der Waals surface area contributed by atoms with E-state index in [4.69, 9.17) is 23.7 Å². The van der Waals surface area contributed by atoms with Gasteiger partial charge in [0.05, 0.1) is 52.3 Å². The van der Waals surface area contributed by atoms with Crippen LogP contribution in [0.4, 0.5) is 5.69 Å². The maximum absolute atomic E-state index is 13.2. The van der Waals surface area contributed by atoms with Gasteiger partial charge in [-0.2, -0.15) is 0 Å². The Labute approximate surface area is 351 Å². The fourth-order valence-corrected chi connectivity index (χ4v) is 5.74. The summed E-state index contributed by atoms with van der Waals surface area (Å²) in [5.74, 6) is -2.27. The number of ether oxygens (including phenoxy) is 5. The molecule has 1 aromatic rings. The summed E-state index contributed by atoms with van der Waals surface area (Å²) in [7, 11) is 0. The SMILES string of the molecule is CCCCC(=O)CCOCCOCCOCCOCCCC(=O)CCC(=O)N(CCC)CCC(=O)N[C@H](C(=O)C[C@@H](C)C(=O)Nc1ccc(COC(C)=O)cc1)C(C)C. The summed E-state index contributed by atoms with van der Waals surface area (Å²) in [6, 6.07) is 6.03. The van der Waals surface area contributed by atoms with Crippen molar-refractivity contribution in [1.82, 2.24) is 10.2 Å². The molecule has 0 aliphatic heterocycles. The number of hydrogen-bond acceptors (Lipinski definition) is 12. The van der Waals surface area contributed by atoms with Crippen LogP contribution >= 0.6 is 0 Å². The molecule has 0 fully saturated rings. The fourth-order valence-electron chi connectivity index (χ4n) is 5.74. The van der Waals surface area contributed by atoms with E-state index in [1.165, 1.54) is 6.92 Å². The Morgan fingerprint density at radius 2 is 1.22 bits per heavy atom. The van der Waals surface area contributed by atoms with E-state index in [1.807, 2.05) is 20.8 Å². The number of esters is 1. The molecule has 0 heterocycles. The molecule has 0 aliphatic carbocycles. The molecule has 0 saturated heterocycles. The van der Waals surface area contributed by atoms with E-state index < -0.39 is 12.0 Å². The summed E-state index contributed by atoms with van der Waals surface area (Å²) in [5, 5.41) is 5.59. The van der Waals surface area contributed by atoms with Gasteiger partial charge in [0.15, 0.2) is 5.78 Å². The average molecular weight is 834 g/mol. The summed E-state index contributed by atoms with van der Waals surface area (Å²) in [5.41, 5.74) is 1.30. The number of anilines is 1. The number of carbonyl (C=O) groups excluding carboxylic acids is 7. The van der Waals surface area contributed by atoms with Crippen molar-refractivity contribution in [2.75, 3.05) is 71.3 Å². The summed E-state index contributed by atoms with van der Waals surface area (Å²) in [6.07, 6.45) is 4.58. The lowest BCUT2D eigenvalue weighted by molar-refractivity contribution is -0.142. The highest BCUT2D eigenvalue weighted by Gasteiger charge is 2.28. The van der Waals surface area contributed by atoms with Gasteiger partial charge in [-0.25, -0.2) is 0 Å². The highest BCUT2D eigenvalue weighted by molar-refractivity contribution is 5.97. The van der Waals surface area contributed by atoms with Gasteiger partial charge in [-0.1, -0.05) is 53.2 Å². The second kappa shape index (κ2) is 32.8. The van der Waals surface area contributed by atoms with E-state index >= 15 is 0 Å². The van der Waals surface area contributed by atoms with Gasteiger partial charge >= 0.3 is 5.97 Å². The Morgan fingerprint density at radius 3 is 1.80 bits per heavy atom. The van der Waals surface area contributed by atoms with Crippen LogP contribution in [0.25, 0.3) is 0 Å². The topological polar surface area (TPSA) is 193 Å². The van der Waals surface area contributed by atoms with Crippen molar-refractivity contribution in [2.45, 2.75) is 125 Å². The Hall–Kier alpha value is -4.05. The third-order valence-electron chi connectivity index (χ3n) is 9.22. The quantitative estimate of drug-likeness (QED) is 0.0648. The average Bonchev–Trinajstić information content (AvgIpc) is 3.20. The highest BCUT2D eigenvalue weighted by Crippen LogP contribution is 2.16. The molecule has 59 heavy (non-hydrogen) atoms. The van der Waals surface area contributed by atoms with Gasteiger partial charge in [0.25, 0.3) is 0 Å². The first-order valence-electron chi connectivity index (χ1n) is 21.2. The first-order chi connectivity index (χ1) is 28.3. The van der Waals surface area contributed by atoms with Gasteiger partial charge in [-0.3, -0.25) is 33.6 Å². The molecular weight excluding hydrogens is 762 g/mol. The molecule has 0 saturated carbocycles. The first-order valence-corrected chi connectivity index (χ1v) is 21.2. The summed E-state index contributed by atoms with van der Waals surface area (Å²) in [4.78, 5) is 88.7. The van der Waals surface area contributed by atoms with E-state index in [1.54, 1.807) is 36.1 Å². The minimum atomic E-state index is -0.802. The van der Waals surface area contributed by atoms with Crippen LogP contribution < -0.4 is 10.6 Å². The maximum atomic E-state index is 13.2. The number of nitrogens with zero attached hydrogens (tertiary/aromatic N) is 1. The third kappa shape index (κ3) is 26.6. The van der Waals surface area contributed by atoms with Crippen molar-refractivity contribution in [1.29, 1.82) is 0 Å². The predicted octanol–water partition coefficient (Wildman–Crippen LogP) is 5.40. The smallest absolute Gasteiger partial charge is 0.302 e. The molecule has 0 spiro atoms. The van der Waals surface area contributed by atoms with Gasteiger partial charge in [0.1, 0.15) is 18.2 Å². The number of hydrogen-bond donors (Lipinski definition) is 2. The van der Waals surface area contributed by atoms with Crippen LogP contribution in [0, 0.1) is 11.8 Å². The Bertz CT molecular complexity index is 1400. The van der Waals surface area contributed by atoms with Crippen LogP contribution in [0.15, 0.2) is 24.3 Å². The number of Topliss-reactive ketones (excluding diaryl/α,β-unsaturated/α-hetero) is 3. The van der Waals surface area contributed by atoms with Crippen molar-refractivity contribution >= 4 is 46.7 Å². The molecule has 334 valence electrons. The number of unbranched alkanes of at least 4 members (excludes halogenated alkanes) is 1. The molecule has 3 amide bonds. The molecule has 1 aromatic carbocycles. The molecule has 0 unspecified atom stereocenters. The van der Waals surface area contributed by atoms with Crippen molar-refractivity contribution in [2.24, 2.45) is 11.8 Å². The zero-order chi connectivity index (χ0) is 43.8. The first kappa shape index (κ1) is 53.0. The van der Waals surface area contributed by atoms with E-state index in [0.29, 0.717) is 97.2 Å². The van der Waals surface area contributed by atoms with Crippen LogP contribution in [0.5, 0.6) is 0 Å². The Morgan fingerprint density at radius 1 is 0.644 bits per heavy atom. The van der Waals surface area contributed by atoms with Crippen LogP contribution in [-0.2, 0) is 63.9 Å². The Kier molecular flexibility index (Phi) is 29.4. The largest absolute Gasteiger partial charge is 0.461 e. The highest BCUT2D eigenvalue weighted by atomic mass is 16.6. The molecule has 0 radical (unpaired) electrons. The van der Waals surface area contributed by atoms with Gasteiger partial charge in [-0.15, -0.1) is 0 Å². The van der Waals surface area contributed by atoms with Gasteiger partial charge in [-0.05, 0) is 42.9 Å². The molecule has 1 rings (SSSR count). The lowest BCUT2D eigenvalue weighted by atomic mass is 9.92. The van der Waals surface area contributed by atoms with Crippen LogP contribution in [-0.4, -0.2) is 118 Å². The lowest BCUT2D eigenvalue weighted by Crippen LogP contribution is -2.46. The summed E-state index contributed by atoms with van der Waals surface area (Å²) < 4.78 is 26.9. The maximum Gasteiger partial charge on any atom is 0.302 e. The monoisotopic (exact) mass is 834 g/mol. The number of rotatable bonds is 36. The van der Waals surface area contributed by atoms with E-state index in [0.717, 1.165) is 18.4 Å². The van der Waals surface area contributed by atoms with Crippen LogP contribution in [0.1, 0.15) is 118 Å². The molecule has 15 nitrogen and oxygen atoms in total. The predicted molar refractivity (Wildman–Crippen MR) is 223 cm³/mol. The molecule has 0 bridgehead atoms. The summed E-state index contributed by atoms with van der Waals surface area (Å²) in [6.45, 7) is 14.7. The van der Waals surface area contributed by atoms with Crippen molar-refractivity contribution in [3.8, 4) is 0 Å². The zero-order valence-electron chi connectivity index (χ0n) is 36.4. The minimum absolute atomic E-state index is 0.00786. The number of ketones is 3.